The standard InChI is InChI=1S/C20H21Cl2N3O2/c1-20(27,13-4-7-23-8-5-13)16-11-25-9-6-12(10-17(25)24-16)18-15(26)3-2-14(21)19(18)22/h2-3,6,9-11,13,23,26-27H,4-5,7-8H2,1H3. The zero-order chi connectivity index (χ0) is 19.2. The fourth-order valence-corrected chi connectivity index (χ4v) is 4.22. The molecule has 142 valence electrons. The normalized spacial score (nSPS) is 17.9. The van der Waals surface area contributed by atoms with Crippen molar-refractivity contribution in [2.24, 2.45) is 5.92 Å². The molecule has 0 aliphatic carbocycles. The molecule has 3 heterocycles. The van der Waals surface area contributed by atoms with E-state index in [1.165, 1.54) is 6.07 Å². The van der Waals surface area contributed by atoms with Gasteiger partial charge in [0.25, 0.3) is 0 Å². The predicted octanol–water partition coefficient (Wildman–Crippen LogP) is 4.22. The highest BCUT2D eigenvalue weighted by molar-refractivity contribution is 6.44. The van der Waals surface area contributed by atoms with Gasteiger partial charge in [0.15, 0.2) is 0 Å². The molecule has 7 heteroatoms. The second kappa shape index (κ2) is 6.99. The summed E-state index contributed by atoms with van der Waals surface area (Å²) in [5.74, 6) is 0.219. The summed E-state index contributed by atoms with van der Waals surface area (Å²) in [5.41, 5.74) is 1.51. The number of aromatic hydroxyl groups is 1. The van der Waals surface area contributed by atoms with Gasteiger partial charge < -0.3 is 19.9 Å². The number of pyridine rings is 1. The Morgan fingerprint density at radius 1 is 1.22 bits per heavy atom. The molecule has 4 rings (SSSR count). The number of nitrogens with zero attached hydrogens (tertiary/aromatic N) is 2. The van der Waals surface area contributed by atoms with Crippen LogP contribution in [0.25, 0.3) is 16.8 Å². The molecule has 1 saturated heterocycles. The first-order valence-corrected chi connectivity index (χ1v) is 9.73. The molecule has 2 aromatic heterocycles. The molecule has 1 fully saturated rings. The molecule has 0 amide bonds. The molecule has 1 aliphatic rings. The van der Waals surface area contributed by atoms with E-state index in [2.05, 4.69) is 10.3 Å². The predicted molar refractivity (Wildman–Crippen MR) is 107 cm³/mol. The van der Waals surface area contributed by atoms with Crippen molar-refractivity contribution in [2.75, 3.05) is 13.1 Å². The van der Waals surface area contributed by atoms with E-state index in [9.17, 15) is 10.2 Å². The second-order valence-corrected chi connectivity index (χ2v) is 8.02. The van der Waals surface area contributed by atoms with E-state index in [1.807, 2.05) is 35.9 Å². The Morgan fingerprint density at radius 3 is 2.70 bits per heavy atom. The third kappa shape index (κ3) is 3.29. The van der Waals surface area contributed by atoms with Crippen LogP contribution in [0, 0.1) is 5.92 Å². The average molecular weight is 406 g/mol. The number of piperidine rings is 1. The SMILES string of the molecule is CC(O)(c1cn2ccc(-c3c(O)ccc(Cl)c3Cl)cc2n1)C1CCNCC1. The van der Waals surface area contributed by atoms with E-state index < -0.39 is 5.60 Å². The van der Waals surface area contributed by atoms with Crippen molar-refractivity contribution in [3.63, 3.8) is 0 Å². The molecule has 1 atom stereocenters. The van der Waals surface area contributed by atoms with Crippen molar-refractivity contribution < 1.29 is 10.2 Å². The van der Waals surface area contributed by atoms with Crippen LogP contribution in [0.15, 0.2) is 36.7 Å². The van der Waals surface area contributed by atoms with Crippen molar-refractivity contribution >= 4 is 28.8 Å². The third-order valence-electron chi connectivity index (χ3n) is 5.47. The Labute approximate surface area is 167 Å². The lowest BCUT2D eigenvalue weighted by atomic mass is 9.80. The summed E-state index contributed by atoms with van der Waals surface area (Å²) in [5, 5.41) is 25.4. The van der Waals surface area contributed by atoms with Crippen molar-refractivity contribution in [1.29, 1.82) is 0 Å². The minimum Gasteiger partial charge on any atom is -0.507 e. The van der Waals surface area contributed by atoms with E-state index in [1.54, 1.807) is 6.07 Å². The number of aromatic nitrogens is 2. The van der Waals surface area contributed by atoms with Crippen LogP contribution in [0.4, 0.5) is 0 Å². The molecule has 27 heavy (non-hydrogen) atoms. The van der Waals surface area contributed by atoms with Crippen LogP contribution >= 0.6 is 23.2 Å². The molecule has 1 aromatic carbocycles. The van der Waals surface area contributed by atoms with Crippen LogP contribution in [-0.4, -0.2) is 32.7 Å². The Kier molecular flexibility index (Phi) is 4.80. The zero-order valence-electron chi connectivity index (χ0n) is 14.9. The van der Waals surface area contributed by atoms with Gasteiger partial charge in [-0.3, -0.25) is 0 Å². The molecule has 3 aromatic rings. The molecule has 3 N–H and O–H groups in total. The number of hydrogen-bond acceptors (Lipinski definition) is 4. The molecule has 1 unspecified atom stereocenters. The number of hydrogen-bond donors (Lipinski definition) is 3. The van der Waals surface area contributed by atoms with Crippen molar-refractivity contribution in [3.05, 3.63) is 52.4 Å². The summed E-state index contributed by atoms with van der Waals surface area (Å²) in [6.45, 7) is 3.65. The molecule has 0 spiro atoms. The zero-order valence-corrected chi connectivity index (χ0v) is 16.4. The fourth-order valence-electron chi connectivity index (χ4n) is 3.79. The van der Waals surface area contributed by atoms with Gasteiger partial charge in [0, 0.05) is 18.0 Å². The molecule has 1 aliphatic heterocycles. The van der Waals surface area contributed by atoms with Crippen LogP contribution in [0.1, 0.15) is 25.5 Å². The summed E-state index contributed by atoms with van der Waals surface area (Å²) in [6, 6.07) is 6.76. The summed E-state index contributed by atoms with van der Waals surface area (Å²) in [6.07, 6.45) is 5.53. The smallest absolute Gasteiger partial charge is 0.137 e. The maximum Gasteiger partial charge on any atom is 0.137 e. The third-order valence-corrected chi connectivity index (χ3v) is 6.28. The van der Waals surface area contributed by atoms with Crippen molar-refractivity contribution in [3.8, 4) is 16.9 Å². The molecule has 5 nitrogen and oxygen atoms in total. The van der Waals surface area contributed by atoms with Gasteiger partial charge in [0.2, 0.25) is 0 Å². The monoisotopic (exact) mass is 405 g/mol. The Hall–Kier alpha value is -1.79. The molecular weight excluding hydrogens is 385 g/mol. The number of aliphatic hydroxyl groups is 1. The van der Waals surface area contributed by atoms with Crippen LogP contribution in [-0.2, 0) is 5.60 Å². The van der Waals surface area contributed by atoms with Crippen LogP contribution in [0.3, 0.4) is 0 Å². The lowest BCUT2D eigenvalue weighted by molar-refractivity contribution is -0.0219. The van der Waals surface area contributed by atoms with Crippen molar-refractivity contribution in [2.45, 2.75) is 25.4 Å². The number of phenolic OH excluding ortho intramolecular Hbond substituents is 1. The van der Waals surface area contributed by atoms with Crippen molar-refractivity contribution in [1.82, 2.24) is 14.7 Å². The number of benzene rings is 1. The minimum atomic E-state index is -0.996. The summed E-state index contributed by atoms with van der Waals surface area (Å²) >= 11 is 12.4. The molecule has 0 radical (unpaired) electrons. The van der Waals surface area contributed by atoms with Gasteiger partial charge in [-0.2, -0.15) is 0 Å². The Morgan fingerprint density at radius 2 is 1.96 bits per heavy atom. The average Bonchev–Trinajstić information content (AvgIpc) is 3.10. The van der Waals surface area contributed by atoms with Crippen LogP contribution < -0.4 is 5.32 Å². The minimum absolute atomic E-state index is 0.0576. The highest BCUT2D eigenvalue weighted by Gasteiger charge is 2.36. The first kappa shape index (κ1) is 18.6. The van der Waals surface area contributed by atoms with Gasteiger partial charge in [-0.1, -0.05) is 23.2 Å². The van der Waals surface area contributed by atoms with Gasteiger partial charge in [0.1, 0.15) is 17.0 Å². The quantitative estimate of drug-likeness (QED) is 0.609. The fraction of sp³-hybridized carbons (Fsp3) is 0.350. The number of rotatable bonds is 3. The first-order chi connectivity index (χ1) is 12.9. The lowest BCUT2D eigenvalue weighted by Crippen LogP contribution is -2.40. The first-order valence-electron chi connectivity index (χ1n) is 8.97. The van der Waals surface area contributed by atoms with E-state index in [4.69, 9.17) is 23.2 Å². The van der Waals surface area contributed by atoms with E-state index in [0.29, 0.717) is 32.5 Å². The van der Waals surface area contributed by atoms with Gasteiger partial charge >= 0.3 is 0 Å². The molecule has 0 bridgehead atoms. The highest BCUT2D eigenvalue weighted by atomic mass is 35.5. The van der Waals surface area contributed by atoms with E-state index >= 15 is 0 Å². The van der Waals surface area contributed by atoms with E-state index in [-0.39, 0.29) is 11.7 Å². The Bertz CT molecular complexity index is 994. The summed E-state index contributed by atoms with van der Waals surface area (Å²) in [7, 11) is 0. The topological polar surface area (TPSA) is 69.8 Å². The Balaban J connectivity index is 1.76. The lowest BCUT2D eigenvalue weighted by Gasteiger charge is -2.34. The number of imidazole rings is 1. The number of halogens is 2. The van der Waals surface area contributed by atoms with Gasteiger partial charge in [-0.25, -0.2) is 4.98 Å². The van der Waals surface area contributed by atoms with Gasteiger partial charge in [0.05, 0.1) is 15.7 Å². The maximum absolute atomic E-state index is 11.1. The number of nitrogens with one attached hydrogen (secondary N) is 1. The van der Waals surface area contributed by atoms with Crippen LogP contribution in [0.5, 0.6) is 5.75 Å². The maximum atomic E-state index is 11.1. The number of phenols is 1. The number of fused-ring (bicyclic) bond motifs is 1. The highest BCUT2D eigenvalue weighted by Crippen LogP contribution is 2.41. The summed E-state index contributed by atoms with van der Waals surface area (Å²) in [4.78, 5) is 4.66. The van der Waals surface area contributed by atoms with Gasteiger partial charge in [-0.05, 0) is 68.6 Å². The van der Waals surface area contributed by atoms with Crippen LogP contribution in [0.2, 0.25) is 10.0 Å². The molecule has 0 saturated carbocycles. The van der Waals surface area contributed by atoms with Gasteiger partial charge in [-0.15, -0.1) is 0 Å². The molecular formula is C20H21Cl2N3O2. The second-order valence-electron chi connectivity index (χ2n) is 7.23. The summed E-state index contributed by atoms with van der Waals surface area (Å²) < 4.78 is 1.86. The largest absolute Gasteiger partial charge is 0.507 e. The van der Waals surface area contributed by atoms with E-state index in [0.717, 1.165) is 25.9 Å².